The fourth-order valence-electron chi connectivity index (χ4n) is 1.91. The van der Waals surface area contributed by atoms with Gasteiger partial charge in [0.25, 0.3) is 0 Å². The molecule has 3 nitrogen and oxygen atoms in total. The van der Waals surface area contributed by atoms with Crippen molar-refractivity contribution in [3.63, 3.8) is 0 Å². The van der Waals surface area contributed by atoms with Crippen LogP contribution in [0.15, 0.2) is 47.1 Å². The molecule has 0 aliphatic rings. The summed E-state index contributed by atoms with van der Waals surface area (Å²) in [6.45, 7) is 0.898. The van der Waals surface area contributed by atoms with Crippen molar-refractivity contribution in [3.05, 3.63) is 52.6 Å². The molecule has 0 radical (unpaired) electrons. The van der Waals surface area contributed by atoms with Gasteiger partial charge in [-0.3, -0.25) is 0 Å². The quantitative estimate of drug-likeness (QED) is 0.842. The summed E-state index contributed by atoms with van der Waals surface area (Å²) in [5, 5.41) is 0. The number of nitrogens with zero attached hydrogens (tertiary/aromatic N) is 2. The number of likely N-dealkylation sites (N-methyl/N-ethyl adjacent to an activating group) is 1. The van der Waals surface area contributed by atoms with E-state index in [2.05, 4.69) is 31.9 Å². The smallest absolute Gasteiger partial charge is 0.128 e. The van der Waals surface area contributed by atoms with Gasteiger partial charge in [-0.1, -0.05) is 18.2 Å². The van der Waals surface area contributed by atoms with E-state index >= 15 is 0 Å². The van der Waals surface area contributed by atoms with Gasteiger partial charge >= 0.3 is 0 Å². The number of hydrogen-bond acceptors (Lipinski definition) is 3. The molecule has 0 saturated carbocycles. The molecule has 0 saturated heterocycles. The van der Waals surface area contributed by atoms with Gasteiger partial charge in [-0.05, 0) is 46.1 Å². The Balaban J connectivity index is 2.00. The molecule has 4 heteroatoms. The molecule has 0 fully saturated rings. The summed E-state index contributed by atoms with van der Waals surface area (Å²) >= 11 is 3.39. The standard InChI is InChI=1S/C15H17BrN2O/c1-18(15-8-7-13(16)11-17-15)10-9-12-5-3-4-6-14(12)19-2/h3-8,11H,9-10H2,1-2H3. The molecule has 1 aromatic heterocycles. The Morgan fingerprint density at radius 3 is 2.68 bits per heavy atom. The van der Waals surface area contributed by atoms with Gasteiger partial charge in [0.2, 0.25) is 0 Å². The van der Waals surface area contributed by atoms with Crippen molar-refractivity contribution in [2.24, 2.45) is 0 Å². The number of aromatic nitrogens is 1. The highest BCUT2D eigenvalue weighted by Crippen LogP contribution is 2.19. The van der Waals surface area contributed by atoms with Crippen LogP contribution in [0.1, 0.15) is 5.56 Å². The van der Waals surface area contributed by atoms with Gasteiger partial charge in [0.15, 0.2) is 0 Å². The predicted octanol–water partition coefficient (Wildman–Crippen LogP) is 3.53. The van der Waals surface area contributed by atoms with Gasteiger partial charge in [-0.25, -0.2) is 4.98 Å². The molecule has 1 heterocycles. The lowest BCUT2D eigenvalue weighted by Gasteiger charge is -2.18. The summed E-state index contributed by atoms with van der Waals surface area (Å²) < 4.78 is 6.35. The molecule has 0 N–H and O–H groups in total. The van der Waals surface area contributed by atoms with Crippen LogP contribution in [0.4, 0.5) is 5.82 Å². The number of rotatable bonds is 5. The van der Waals surface area contributed by atoms with Crippen LogP contribution in [0.5, 0.6) is 5.75 Å². The van der Waals surface area contributed by atoms with E-state index in [1.807, 2.05) is 43.6 Å². The van der Waals surface area contributed by atoms with E-state index in [0.29, 0.717) is 0 Å². The minimum atomic E-state index is 0.898. The van der Waals surface area contributed by atoms with Crippen molar-refractivity contribution in [2.75, 3.05) is 25.6 Å². The first-order chi connectivity index (χ1) is 9.20. The molecule has 19 heavy (non-hydrogen) atoms. The van der Waals surface area contributed by atoms with E-state index in [9.17, 15) is 0 Å². The zero-order valence-electron chi connectivity index (χ0n) is 11.1. The normalized spacial score (nSPS) is 10.3. The van der Waals surface area contributed by atoms with Crippen molar-refractivity contribution in [1.82, 2.24) is 4.98 Å². The molecule has 0 bridgehead atoms. The Bertz CT molecular complexity index is 528. The van der Waals surface area contributed by atoms with Crippen LogP contribution < -0.4 is 9.64 Å². The van der Waals surface area contributed by atoms with E-state index in [0.717, 1.165) is 29.0 Å². The molecule has 0 spiro atoms. The van der Waals surface area contributed by atoms with Crippen molar-refractivity contribution >= 4 is 21.7 Å². The number of benzene rings is 1. The number of anilines is 1. The minimum Gasteiger partial charge on any atom is -0.496 e. The Morgan fingerprint density at radius 1 is 1.21 bits per heavy atom. The molecule has 0 aliphatic heterocycles. The largest absolute Gasteiger partial charge is 0.496 e. The average Bonchev–Trinajstić information content (AvgIpc) is 2.45. The van der Waals surface area contributed by atoms with Gasteiger partial charge in [-0.2, -0.15) is 0 Å². The number of methoxy groups -OCH3 is 1. The number of para-hydroxylation sites is 1. The van der Waals surface area contributed by atoms with Crippen LogP contribution in [0, 0.1) is 0 Å². The minimum absolute atomic E-state index is 0.898. The van der Waals surface area contributed by atoms with Gasteiger partial charge in [-0.15, -0.1) is 0 Å². The van der Waals surface area contributed by atoms with E-state index in [1.165, 1.54) is 5.56 Å². The Morgan fingerprint density at radius 2 is 2.00 bits per heavy atom. The van der Waals surface area contributed by atoms with Gasteiger partial charge in [0.1, 0.15) is 11.6 Å². The zero-order valence-corrected chi connectivity index (χ0v) is 12.7. The third kappa shape index (κ3) is 3.70. The maximum Gasteiger partial charge on any atom is 0.128 e. The first-order valence-electron chi connectivity index (χ1n) is 6.15. The molecule has 100 valence electrons. The molecular formula is C15H17BrN2O. The van der Waals surface area contributed by atoms with E-state index in [4.69, 9.17) is 4.74 Å². The van der Waals surface area contributed by atoms with E-state index in [1.54, 1.807) is 7.11 Å². The first-order valence-corrected chi connectivity index (χ1v) is 6.94. The highest BCUT2D eigenvalue weighted by atomic mass is 79.9. The number of pyridine rings is 1. The Kier molecular flexibility index (Phi) is 4.80. The first kappa shape index (κ1) is 13.9. The SMILES string of the molecule is COc1ccccc1CCN(C)c1ccc(Br)cn1. The molecule has 1 aromatic carbocycles. The summed E-state index contributed by atoms with van der Waals surface area (Å²) in [5.41, 5.74) is 1.22. The second kappa shape index (κ2) is 6.57. The maximum atomic E-state index is 5.36. The topological polar surface area (TPSA) is 25.4 Å². The lowest BCUT2D eigenvalue weighted by molar-refractivity contribution is 0.409. The van der Waals surface area contributed by atoms with E-state index in [-0.39, 0.29) is 0 Å². The molecule has 0 amide bonds. The second-order valence-electron chi connectivity index (χ2n) is 4.32. The fourth-order valence-corrected chi connectivity index (χ4v) is 2.14. The summed E-state index contributed by atoms with van der Waals surface area (Å²) in [6, 6.07) is 12.1. The summed E-state index contributed by atoms with van der Waals surface area (Å²) in [5.74, 6) is 1.91. The summed E-state index contributed by atoms with van der Waals surface area (Å²) in [4.78, 5) is 6.52. The average molecular weight is 321 g/mol. The van der Waals surface area contributed by atoms with Crippen molar-refractivity contribution in [1.29, 1.82) is 0 Å². The molecule has 0 aliphatic carbocycles. The Hall–Kier alpha value is -1.55. The summed E-state index contributed by atoms with van der Waals surface area (Å²) in [7, 11) is 3.75. The van der Waals surface area contributed by atoms with Crippen LogP contribution in [0.25, 0.3) is 0 Å². The number of hydrogen-bond donors (Lipinski definition) is 0. The molecule has 0 unspecified atom stereocenters. The summed E-state index contributed by atoms with van der Waals surface area (Å²) in [6.07, 6.45) is 2.74. The van der Waals surface area contributed by atoms with Crippen LogP contribution in [-0.4, -0.2) is 25.7 Å². The maximum absolute atomic E-state index is 5.36. The molecule has 0 atom stereocenters. The lowest BCUT2D eigenvalue weighted by Crippen LogP contribution is -2.21. The molecular weight excluding hydrogens is 304 g/mol. The van der Waals surface area contributed by atoms with Crippen LogP contribution in [0.3, 0.4) is 0 Å². The monoisotopic (exact) mass is 320 g/mol. The zero-order chi connectivity index (χ0) is 13.7. The van der Waals surface area contributed by atoms with Gasteiger partial charge in [0.05, 0.1) is 7.11 Å². The lowest BCUT2D eigenvalue weighted by atomic mass is 10.1. The third-order valence-corrected chi connectivity index (χ3v) is 3.48. The predicted molar refractivity (Wildman–Crippen MR) is 81.9 cm³/mol. The fraction of sp³-hybridized carbons (Fsp3) is 0.267. The highest BCUT2D eigenvalue weighted by molar-refractivity contribution is 9.10. The number of halogens is 1. The van der Waals surface area contributed by atoms with Crippen LogP contribution in [-0.2, 0) is 6.42 Å². The Labute approximate surface area is 122 Å². The van der Waals surface area contributed by atoms with Gasteiger partial charge < -0.3 is 9.64 Å². The van der Waals surface area contributed by atoms with Crippen molar-refractivity contribution in [2.45, 2.75) is 6.42 Å². The number of ether oxygens (including phenoxy) is 1. The van der Waals surface area contributed by atoms with Crippen molar-refractivity contribution in [3.8, 4) is 5.75 Å². The van der Waals surface area contributed by atoms with Crippen LogP contribution >= 0.6 is 15.9 Å². The van der Waals surface area contributed by atoms with Crippen molar-refractivity contribution < 1.29 is 4.74 Å². The van der Waals surface area contributed by atoms with Crippen LogP contribution in [0.2, 0.25) is 0 Å². The second-order valence-corrected chi connectivity index (χ2v) is 5.23. The highest BCUT2D eigenvalue weighted by Gasteiger charge is 2.05. The van der Waals surface area contributed by atoms with Gasteiger partial charge in [0, 0.05) is 24.3 Å². The molecule has 2 aromatic rings. The van der Waals surface area contributed by atoms with E-state index < -0.39 is 0 Å². The molecule has 2 rings (SSSR count). The third-order valence-electron chi connectivity index (χ3n) is 3.01.